The van der Waals surface area contributed by atoms with E-state index in [2.05, 4.69) is 15.8 Å². The first kappa shape index (κ1) is 14.7. The van der Waals surface area contributed by atoms with Crippen molar-refractivity contribution in [3.8, 4) is 5.75 Å². The molecule has 0 saturated carbocycles. The molecule has 0 aromatic heterocycles. The molecule has 2 amide bonds. The monoisotopic (exact) mass is 263 g/mol. The Kier molecular flexibility index (Phi) is 6.08. The van der Waals surface area contributed by atoms with Crippen molar-refractivity contribution in [3.63, 3.8) is 0 Å². The molecule has 0 radical (unpaired) electrons. The molecule has 0 aliphatic heterocycles. The fraction of sp³-hybridized carbons (Fsp3) is 0.308. The van der Waals surface area contributed by atoms with Crippen molar-refractivity contribution in [3.05, 3.63) is 29.8 Å². The summed E-state index contributed by atoms with van der Waals surface area (Å²) in [6, 6.07) is 7.25. The molecule has 0 bridgehead atoms. The van der Waals surface area contributed by atoms with Crippen molar-refractivity contribution >= 4 is 18.0 Å². The van der Waals surface area contributed by atoms with Gasteiger partial charge in [-0.15, -0.1) is 0 Å². The Balaban J connectivity index is 2.48. The number of amides is 2. The fourth-order valence-corrected chi connectivity index (χ4v) is 1.20. The molecule has 0 unspecified atom stereocenters. The lowest BCUT2D eigenvalue weighted by molar-refractivity contribution is -0.138. The molecule has 1 rings (SSSR count). The van der Waals surface area contributed by atoms with Gasteiger partial charge in [0, 0.05) is 7.05 Å². The maximum atomic E-state index is 11.1. The zero-order chi connectivity index (χ0) is 14.1. The van der Waals surface area contributed by atoms with Crippen LogP contribution < -0.4 is 15.5 Å². The first-order valence-corrected chi connectivity index (χ1v) is 5.95. The van der Waals surface area contributed by atoms with E-state index in [-0.39, 0.29) is 0 Å². The standard InChI is InChI=1S/C13H17N3O3/c1-3-8-19-11-6-4-10(5-7-11)9-15-16-13(18)12(17)14-2/h4-7,9H,3,8H2,1-2H3,(H,14,17)(H,16,18)/b15-9-. The van der Waals surface area contributed by atoms with E-state index < -0.39 is 11.8 Å². The Bertz CT molecular complexity index is 455. The van der Waals surface area contributed by atoms with Crippen LogP contribution in [0.5, 0.6) is 5.75 Å². The van der Waals surface area contributed by atoms with Crippen molar-refractivity contribution in [1.82, 2.24) is 10.7 Å². The molecular weight excluding hydrogens is 246 g/mol. The van der Waals surface area contributed by atoms with Crippen molar-refractivity contribution < 1.29 is 14.3 Å². The molecule has 6 nitrogen and oxygen atoms in total. The quantitative estimate of drug-likeness (QED) is 0.465. The van der Waals surface area contributed by atoms with Crippen LogP contribution in [0, 0.1) is 0 Å². The second kappa shape index (κ2) is 7.86. The van der Waals surface area contributed by atoms with E-state index in [0.29, 0.717) is 6.61 Å². The largest absolute Gasteiger partial charge is 0.494 e. The third kappa shape index (κ3) is 5.20. The highest BCUT2D eigenvalue weighted by Crippen LogP contribution is 2.11. The topological polar surface area (TPSA) is 79.8 Å². The first-order chi connectivity index (χ1) is 9.17. The molecule has 0 fully saturated rings. The van der Waals surface area contributed by atoms with Gasteiger partial charge in [0.15, 0.2) is 0 Å². The van der Waals surface area contributed by atoms with Gasteiger partial charge >= 0.3 is 11.8 Å². The highest BCUT2D eigenvalue weighted by molar-refractivity contribution is 6.34. The number of carbonyl (C=O) groups is 2. The van der Waals surface area contributed by atoms with Gasteiger partial charge < -0.3 is 10.1 Å². The lowest BCUT2D eigenvalue weighted by Crippen LogP contribution is -2.35. The molecule has 1 aromatic carbocycles. The number of nitrogens with one attached hydrogen (secondary N) is 2. The second-order valence-corrected chi connectivity index (χ2v) is 3.70. The number of hydrazone groups is 1. The predicted octanol–water partition coefficient (Wildman–Crippen LogP) is 0.671. The second-order valence-electron chi connectivity index (χ2n) is 3.70. The van der Waals surface area contributed by atoms with Gasteiger partial charge in [0.25, 0.3) is 0 Å². The van der Waals surface area contributed by atoms with Gasteiger partial charge in [0.1, 0.15) is 5.75 Å². The van der Waals surface area contributed by atoms with Crippen LogP contribution >= 0.6 is 0 Å². The van der Waals surface area contributed by atoms with Crippen molar-refractivity contribution in [2.45, 2.75) is 13.3 Å². The van der Waals surface area contributed by atoms with Gasteiger partial charge in [-0.25, -0.2) is 5.43 Å². The van der Waals surface area contributed by atoms with Crippen molar-refractivity contribution in [1.29, 1.82) is 0 Å². The van der Waals surface area contributed by atoms with Crippen LogP contribution in [0.3, 0.4) is 0 Å². The normalized spacial score (nSPS) is 10.2. The average molecular weight is 263 g/mol. The zero-order valence-corrected chi connectivity index (χ0v) is 11.0. The Morgan fingerprint density at radius 3 is 2.53 bits per heavy atom. The molecule has 0 aliphatic rings. The summed E-state index contributed by atoms with van der Waals surface area (Å²) in [7, 11) is 1.38. The summed E-state index contributed by atoms with van der Waals surface area (Å²) in [5, 5.41) is 5.88. The number of likely N-dealkylation sites (N-methyl/N-ethyl adjacent to an activating group) is 1. The minimum absolute atomic E-state index is 0.676. The average Bonchev–Trinajstić information content (AvgIpc) is 2.45. The Morgan fingerprint density at radius 1 is 1.26 bits per heavy atom. The lowest BCUT2D eigenvalue weighted by Gasteiger charge is -2.03. The van der Waals surface area contributed by atoms with E-state index in [0.717, 1.165) is 17.7 Å². The van der Waals surface area contributed by atoms with Gasteiger partial charge in [-0.3, -0.25) is 9.59 Å². The maximum Gasteiger partial charge on any atom is 0.329 e. The fourth-order valence-electron chi connectivity index (χ4n) is 1.20. The molecule has 0 heterocycles. The Hall–Kier alpha value is -2.37. The van der Waals surface area contributed by atoms with Gasteiger partial charge in [-0.05, 0) is 36.2 Å². The molecule has 0 aliphatic carbocycles. The predicted molar refractivity (Wildman–Crippen MR) is 72.0 cm³/mol. The van der Waals surface area contributed by atoms with E-state index in [1.807, 2.05) is 19.1 Å². The summed E-state index contributed by atoms with van der Waals surface area (Å²) in [6.07, 6.45) is 2.40. The summed E-state index contributed by atoms with van der Waals surface area (Å²) >= 11 is 0. The van der Waals surface area contributed by atoms with Gasteiger partial charge in [-0.1, -0.05) is 6.92 Å². The number of carbonyl (C=O) groups excluding carboxylic acids is 2. The van der Waals surface area contributed by atoms with E-state index in [4.69, 9.17) is 4.74 Å². The number of ether oxygens (including phenoxy) is 1. The number of benzene rings is 1. The molecular formula is C13H17N3O3. The van der Waals surface area contributed by atoms with Crippen LogP contribution in [0.1, 0.15) is 18.9 Å². The van der Waals surface area contributed by atoms with Gasteiger partial charge in [-0.2, -0.15) is 5.10 Å². The van der Waals surface area contributed by atoms with Crippen LogP contribution in [-0.4, -0.2) is 31.7 Å². The smallest absolute Gasteiger partial charge is 0.329 e. The van der Waals surface area contributed by atoms with Crippen molar-refractivity contribution in [2.24, 2.45) is 5.10 Å². The summed E-state index contributed by atoms with van der Waals surface area (Å²) in [4.78, 5) is 22.0. The molecule has 0 spiro atoms. The van der Waals surface area contributed by atoms with Crippen LogP contribution in [-0.2, 0) is 9.59 Å². The van der Waals surface area contributed by atoms with Crippen LogP contribution in [0.25, 0.3) is 0 Å². The molecule has 1 aromatic rings. The van der Waals surface area contributed by atoms with E-state index in [1.165, 1.54) is 13.3 Å². The number of nitrogens with zero attached hydrogens (tertiary/aromatic N) is 1. The number of hydrogen-bond acceptors (Lipinski definition) is 4. The molecule has 2 N–H and O–H groups in total. The number of hydrogen-bond donors (Lipinski definition) is 2. The minimum Gasteiger partial charge on any atom is -0.494 e. The van der Waals surface area contributed by atoms with E-state index in [1.54, 1.807) is 12.1 Å². The summed E-state index contributed by atoms with van der Waals surface area (Å²) in [6.45, 7) is 2.71. The molecule has 102 valence electrons. The summed E-state index contributed by atoms with van der Waals surface area (Å²) < 4.78 is 5.43. The third-order valence-electron chi connectivity index (χ3n) is 2.17. The third-order valence-corrected chi connectivity index (χ3v) is 2.17. The van der Waals surface area contributed by atoms with E-state index >= 15 is 0 Å². The number of rotatable bonds is 5. The molecule has 19 heavy (non-hydrogen) atoms. The Morgan fingerprint density at radius 2 is 1.95 bits per heavy atom. The highest BCUT2D eigenvalue weighted by atomic mass is 16.5. The SMILES string of the molecule is CCCOc1ccc(/C=N\NC(=O)C(=O)NC)cc1. The van der Waals surface area contributed by atoms with Gasteiger partial charge in [0.05, 0.1) is 12.8 Å². The van der Waals surface area contributed by atoms with E-state index in [9.17, 15) is 9.59 Å². The highest BCUT2D eigenvalue weighted by Gasteiger charge is 2.08. The van der Waals surface area contributed by atoms with Crippen LogP contribution in [0.15, 0.2) is 29.4 Å². The molecule has 0 saturated heterocycles. The maximum absolute atomic E-state index is 11.1. The van der Waals surface area contributed by atoms with Gasteiger partial charge in [0.2, 0.25) is 0 Å². The molecule has 0 atom stereocenters. The van der Waals surface area contributed by atoms with Crippen molar-refractivity contribution in [2.75, 3.05) is 13.7 Å². The lowest BCUT2D eigenvalue weighted by atomic mass is 10.2. The zero-order valence-electron chi connectivity index (χ0n) is 11.0. The summed E-state index contributed by atoms with van der Waals surface area (Å²) in [5.74, 6) is -0.754. The minimum atomic E-state index is -0.804. The van der Waals surface area contributed by atoms with Crippen LogP contribution in [0.2, 0.25) is 0 Å². The van der Waals surface area contributed by atoms with Crippen LogP contribution in [0.4, 0.5) is 0 Å². The summed E-state index contributed by atoms with van der Waals surface area (Å²) in [5.41, 5.74) is 2.91. The Labute approximate surface area is 111 Å². The molecule has 6 heteroatoms. The first-order valence-electron chi connectivity index (χ1n) is 5.95.